The zero-order valence-corrected chi connectivity index (χ0v) is 11.6. The van der Waals surface area contributed by atoms with E-state index >= 15 is 0 Å². The van der Waals surface area contributed by atoms with Crippen molar-refractivity contribution in [1.29, 1.82) is 0 Å². The molecule has 18 heavy (non-hydrogen) atoms. The van der Waals surface area contributed by atoms with Crippen molar-refractivity contribution in [3.05, 3.63) is 0 Å². The minimum Gasteiger partial charge on any atom is -0.480 e. The van der Waals surface area contributed by atoms with Crippen molar-refractivity contribution < 1.29 is 23.1 Å². The number of rotatable bonds is 7. The first-order valence-corrected chi connectivity index (χ1v) is 7.80. The molecule has 0 radical (unpaired) electrons. The molecule has 1 heterocycles. The van der Waals surface area contributed by atoms with E-state index in [0.717, 1.165) is 6.42 Å². The van der Waals surface area contributed by atoms with Crippen LogP contribution in [0.1, 0.15) is 33.1 Å². The van der Waals surface area contributed by atoms with E-state index in [0.29, 0.717) is 13.0 Å². The van der Waals surface area contributed by atoms with Gasteiger partial charge in [-0.15, -0.1) is 0 Å². The van der Waals surface area contributed by atoms with Gasteiger partial charge in [-0.3, -0.25) is 4.79 Å². The van der Waals surface area contributed by atoms with Crippen LogP contribution in [-0.4, -0.2) is 44.0 Å². The van der Waals surface area contributed by atoms with Crippen molar-refractivity contribution >= 4 is 16.0 Å². The summed E-state index contributed by atoms with van der Waals surface area (Å²) in [5, 5.41) is 8.99. The number of hydrogen-bond acceptors (Lipinski definition) is 4. The Labute approximate surface area is 108 Å². The standard InChI is InChI=1S/C11H21NO5S/c1-8(2)6-10(11(13)14)12-18(15,16)7-9-4-3-5-17-9/h8-10,12H,3-7H2,1-2H3,(H,13,14)/t9?,10-/m0/s1. The summed E-state index contributed by atoms with van der Waals surface area (Å²) in [5.74, 6) is -1.19. The summed E-state index contributed by atoms with van der Waals surface area (Å²) in [5.41, 5.74) is 0. The fourth-order valence-corrected chi connectivity index (χ4v) is 3.44. The van der Waals surface area contributed by atoms with E-state index in [1.165, 1.54) is 0 Å². The number of ether oxygens (including phenoxy) is 1. The highest BCUT2D eigenvalue weighted by Crippen LogP contribution is 2.14. The second-order valence-electron chi connectivity index (χ2n) is 5.05. The van der Waals surface area contributed by atoms with Crippen molar-refractivity contribution in [2.24, 2.45) is 5.92 Å². The molecule has 1 saturated heterocycles. The largest absolute Gasteiger partial charge is 0.480 e. The van der Waals surface area contributed by atoms with Crippen molar-refractivity contribution in [3.8, 4) is 0 Å². The van der Waals surface area contributed by atoms with Crippen LogP contribution in [0.3, 0.4) is 0 Å². The van der Waals surface area contributed by atoms with Crippen LogP contribution in [0.2, 0.25) is 0 Å². The normalized spacial score (nSPS) is 22.3. The highest BCUT2D eigenvalue weighted by Gasteiger charge is 2.28. The maximum Gasteiger partial charge on any atom is 0.321 e. The van der Waals surface area contributed by atoms with Crippen LogP contribution >= 0.6 is 0 Å². The van der Waals surface area contributed by atoms with Gasteiger partial charge in [0.25, 0.3) is 0 Å². The van der Waals surface area contributed by atoms with Crippen molar-refractivity contribution in [3.63, 3.8) is 0 Å². The molecular weight excluding hydrogens is 258 g/mol. The van der Waals surface area contributed by atoms with Gasteiger partial charge in [0.15, 0.2) is 0 Å². The summed E-state index contributed by atoms with van der Waals surface area (Å²) >= 11 is 0. The molecule has 1 aliphatic rings. The Bertz CT molecular complexity index is 373. The molecule has 0 saturated carbocycles. The van der Waals surface area contributed by atoms with Gasteiger partial charge in [-0.25, -0.2) is 13.1 Å². The first kappa shape index (κ1) is 15.4. The fourth-order valence-electron chi connectivity index (χ4n) is 1.96. The van der Waals surface area contributed by atoms with Gasteiger partial charge in [0.1, 0.15) is 6.04 Å². The first-order valence-electron chi connectivity index (χ1n) is 6.14. The molecule has 2 atom stereocenters. The highest BCUT2D eigenvalue weighted by atomic mass is 32.2. The molecular formula is C11H21NO5S. The van der Waals surface area contributed by atoms with E-state index in [9.17, 15) is 13.2 Å². The molecule has 0 amide bonds. The molecule has 0 aromatic heterocycles. The Kier molecular flexibility index (Phi) is 5.55. The SMILES string of the molecule is CC(C)C[C@H](NS(=O)(=O)CC1CCCO1)C(=O)O. The molecule has 0 aliphatic carbocycles. The number of hydrogen-bond donors (Lipinski definition) is 2. The summed E-state index contributed by atoms with van der Waals surface area (Å²) in [6.45, 7) is 4.28. The van der Waals surface area contributed by atoms with Crippen LogP contribution < -0.4 is 4.72 Å². The molecule has 1 rings (SSSR count). The molecule has 7 heteroatoms. The van der Waals surface area contributed by atoms with Gasteiger partial charge in [0, 0.05) is 6.61 Å². The molecule has 6 nitrogen and oxygen atoms in total. The second kappa shape index (κ2) is 6.49. The minimum atomic E-state index is -3.61. The number of nitrogens with one attached hydrogen (secondary N) is 1. The maximum atomic E-state index is 11.8. The lowest BCUT2D eigenvalue weighted by molar-refractivity contribution is -0.139. The van der Waals surface area contributed by atoms with Crippen molar-refractivity contribution in [1.82, 2.24) is 4.72 Å². The summed E-state index contributed by atoms with van der Waals surface area (Å²) in [6.07, 6.45) is 1.54. The quantitative estimate of drug-likeness (QED) is 0.711. The van der Waals surface area contributed by atoms with Crippen LogP contribution in [0.5, 0.6) is 0 Å². The van der Waals surface area contributed by atoms with Gasteiger partial charge in [-0.05, 0) is 25.2 Å². The zero-order valence-electron chi connectivity index (χ0n) is 10.8. The molecule has 1 fully saturated rings. The predicted molar refractivity (Wildman–Crippen MR) is 66.8 cm³/mol. The lowest BCUT2D eigenvalue weighted by Crippen LogP contribution is -2.44. The van der Waals surface area contributed by atoms with Crippen LogP contribution in [0, 0.1) is 5.92 Å². The second-order valence-corrected chi connectivity index (χ2v) is 6.85. The van der Waals surface area contributed by atoms with Gasteiger partial charge >= 0.3 is 5.97 Å². The average Bonchev–Trinajstić information content (AvgIpc) is 2.67. The average molecular weight is 279 g/mol. The lowest BCUT2D eigenvalue weighted by Gasteiger charge is -2.18. The molecule has 0 aromatic rings. The molecule has 2 N–H and O–H groups in total. The molecule has 0 bridgehead atoms. The van der Waals surface area contributed by atoms with E-state index < -0.39 is 22.0 Å². The fraction of sp³-hybridized carbons (Fsp3) is 0.909. The Morgan fingerprint density at radius 1 is 1.50 bits per heavy atom. The number of carbonyl (C=O) groups is 1. The van der Waals surface area contributed by atoms with Crippen LogP contribution in [0.25, 0.3) is 0 Å². The Balaban J connectivity index is 2.57. The van der Waals surface area contributed by atoms with E-state index in [-0.39, 0.29) is 24.2 Å². The van der Waals surface area contributed by atoms with Gasteiger partial charge in [-0.1, -0.05) is 13.8 Å². The number of sulfonamides is 1. The Hall–Kier alpha value is -0.660. The summed E-state index contributed by atoms with van der Waals surface area (Å²) in [7, 11) is -3.61. The van der Waals surface area contributed by atoms with Gasteiger partial charge in [0.05, 0.1) is 11.9 Å². The number of aliphatic carboxylic acids is 1. The maximum absolute atomic E-state index is 11.8. The van der Waals surface area contributed by atoms with E-state index in [2.05, 4.69) is 4.72 Å². The summed E-state index contributed by atoms with van der Waals surface area (Å²) in [6, 6.07) is -1.06. The Morgan fingerprint density at radius 2 is 2.17 bits per heavy atom. The monoisotopic (exact) mass is 279 g/mol. The molecule has 1 aliphatic heterocycles. The summed E-state index contributed by atoms with van der Waals surface area (Å²) in [4.78, 5) is 11.0. The molecule has 0 aromatic carbocycles. The zero-order chi connectivity index (χ0) is 13.8. The van der Waals surface area contributed by atoms with Gasteiger partial charge < -0.3 is 9.84 Å². The van der Waals surface area contributed by atoms with Crippen molar-refractivity contribution in [2.45, 2.75) is 45.3 Å². The molecule has 106 valence electrons. The third kappa shape index (κ3) is 5.32. The van der Waals surface area contributed by atoms with Gasteiger partial charge in [-0.2, -0.15) is 0 Å². The first-order chi connectivity index (χ1) is 8.30. The van der Waals surface area contributed by atoms with E-state index in [4.69, 9.17) is 9.84 Å². The number of carboxylic acids is 1. The number of carboxylic acid groups (broad SMARTS) is 1. The third-order valence-corrected chi connectivity index (χ3v) is 4.21. The Morgan fingerprint density at radius 3 is 2.61 bits per heavy atom. The predicted octanol–water partition coefficient (Wildman–Crippen LogP) is 0.584. The third-order valence-electron chi connectivity index (χ3n) is 2.76. The smallest absolute Gasteiger partial charge is 0.321 e. The van der Waals surface area contributed by atoms with E-state index in [1.54, 1.807) is 0 Å². The van der Waals surface area contributed by atoms with Crippen LogP contribution in [-0.2, 0) is 19.6 Å². The van der Waals surface area contributed by atoms with E-state index in [1.807, 2.05) is 13.8 Å². The topological polar surface area (TPSA) is 92.7 Å². The molecule has 1 unspecified atom stereocenters. The van der Waals surface area contributed by atoms with Crippen LogP contribution in [0.4, 0.5) is 0 Å². The van der Waals surface area contributed by atoms with Gasteiger partial charge in [0.2, 0.25) is 10.0 Å². The minimum absolute atomic E-state index is 0.108. The highest BCUT2D eigenvalue weighted by molar-refractivity contribution is 7.89. The summed E-state index contributed by atoms with van der Waals surface area (Å²) < 4.78 is 31.1. The van der Waals surface area contributed by atoms with Crippen LogP contribution in [0.15, 0.2) is 0 Å². The molecule has 0 spiro atoms. The lowest BCUT2D eigenvalue weighted by atomic mass is 10.1. The van der Waals surface area contributed by atoms with Crippen molar-refractivity contribution in [2.75, 3.05) is 12.4 Å².